The lowest BCUT2D eigenvalue weighted by Gasteiger charge is -2.38. The summed E-state index contributed by atoms with van der Waals surface area (Å²) in [6.45, 7) is 14.1. The van der Waals surface area contributed by atoms with Gasteiger partial charge >= 0.3 is 6.09 Å². The fourth-order valence-electron chi connectivity index (χ4n) is 3.78. The zero-order valence-corrected chi connectivity index (χ0v) is 19.4. The van der Waals surface area contributed by atoms with E-state index in [2.05, 4.69) is 5.32 Å². The van der Waals surface area contributed by atoms with Gasteiger partial charge in [0.25, 0.3) is 0 Å². The van der Waals surface area contributed by atoms with Crippen molar-refractivity contribution in [2.75, 3.05) is 13.2 Å². The minimum absolute atomic E-state index is 0.0952. The fraction of sp³-hybridized carbons (Fsp3) is 0.625. The van der Waals surface area contributed by atoms with Crippen molar-refractivity contribution in [3.05, 3.63) is 41.2 Å². The quantitative estimate of drug-likeness (QED) is 0.722. The summed E-state index contributed by atoms with van der Waals surface area (Å²) in [5.41, 5.74) is 1.15. The van der Waals surface area contributed by atoms with Crippen molar-refractivity contribution in [3.63, 3.8) is 0 Å². The van der Waals surface area contributed by atoms with E-state index < -0.39 is 29.6 Å². The van der Waals surface area contributed by atoms with Gasteiger partial charge in [0.05, 0.1) is 19.3 Å². The molecule has 31 heavy (non-hydrogen) atoms. The number of alkyl carbamates (subject to hydrolysis) is 1. The molecule has 2 N–H and O–H groups in total. The van der Waals surface area contributed by atoms with Crippen LogP contribution in [0.1, 0.15) is 54.0 Å². The number of carbonyl (C=O) groups excluding carboxylic acids is 1. The Bertz CT molecular complexity index is 844. The van der Waals surface area contributed by atoms with Crippen LogP contribution in [0.4, 0.5) is 9.18 Å². The SMILES string of the molecule is CC(C)[C@H](NC(=O)OC(C)(C)C)C(O)C1=C(c2ccc(F)cc2)C12OCC(C)(C)CO2. The number of hydrogen-bond donors (Lipinski definition) is 2. The number of amides is 1. The van der Waals surface area contributed by atoms with Crippen molar-refractivity contribution in [3.8, 4) is 0 Å². The second-order valence-electron chi connectivity index (χ2n) is 10.5. The standard InChI is InChI=1S/C24H34FNO5/c1-14(2)19(26-21(28)31-22(3,4)5)20(27)18-17(15-8-10-16(25)11-9-15)24(18)29-12-23(6,7)13-30-24/h8-11,14,19-20,27H,12-13H2,1-7H3,(H,26,28)/t19-,20?/m0/s1. The maximum atomic E-state index is 13.5. The van der Waals surface area contributed by atoms with E-state index in [0.717, 1.165) is 5.56 Å². The van der Waals surface area contributed by atoms with Crippen LogP contribution < -0.4 is 5.32 Å². The Morgan fingerprint density at radius 3 is 2.19 bits per heavy atom. The molecule has 3 rings (SSSR count). The lowest BCUT2D eigenvalue weighted by molar-refractivity contribution is -0.230. The molecule has 1 fully saturated rings. The number of benzene rings is 1. The molecule has 0 saturated carbocycles. The summed E-state index contributed by atoms with van der Waals surface area (Å²) in [7, 11) is 0. The average molecular weight is 436 g/mol. The molecule has 1 aliphatic carbocycles. The van der Waals surface area contributed by atoms with Crippen LogP contribution in [0.5, 0.6) is 0 Å². The predicted molar refractivity (Wildman–Crippen MR) is 116 cm³/mol. The molecule has 1 unspecified atom stereocenters. The highest BCUT2D eigenvalue weighted by Gasteiger charge is 2.63. The molecule has 1 aromatic rings. The summed E-state index contributed by atoms with van der Waals surface area (Å²) >= 11 is 0. The second-order valence-corrected chi connectivity index (χ2v) is 10.5. The van der Waals surface area contributed by atoms with Crippen LogP contribution in [0.3, 0.4) is 0 Å². The van der Waals surface area contributed by atoms with Crippen molar-refractivity contribution in [1.29, 1.82) is 0 Å². The lowest BCUT2D eigenvalue weighted by Crippen LogP contribution is -2.50. The normalized spacial score (nSPS) is 21.7. The molecule has 172 valence electrons. The first kappa shape index (κ1) is 23.7. The zero-order chi connectivity index (χ0) is 23.2. The first-order valence-electron chi connectivity index (χ1n) is 10.7. The molecular formula is C24H34FNO5. The van der Waals surface area contributed by atoms with E-state index in [0.29, 0.717) is 24.4 Å². The highest BCUT2D eigenvalue weighted by Crippen LogP contribution is 2.59. The lowest BCUT2D eigenvalue weighted by atomic mass is 9.94. The van der Waals surface area contributed by atoms with Crippen LogP contribution in [0.25, 0.3) is 5.57 Å². The number of hydrogen-bond acceptors (Lipinski definition) is 5. The third-order valence-corrected chi connectivity index (χ3v) is 5.39. The number of ether oxygens (including phenoxy) is 3. The number of halogens is 1. The van der Waals surface area contributed by atoms with Crippen molar-refractivity contribution >= 4 is 11.7 Å². The Hall–Kier alpha value is -1.96. The number of aliphatic hydroxyl groups excluding tert-OH is 1. The van der Waals surface area contributed by atoms with Crippen molar-refractivity contribution in [1.82, 2.24) is 5.32 Å². The van der Waals surface area contributed by atoms with E-state index in [-0.39, 0.29) is 17.2 Å². The molecule has 1 aliphatic heterocycles. The summed E-state index contributed by atoms with van der Waals surface area (Å²) in [5, 5.41) is 14.1. The fourth-order valence-corrected chi connectivity index (χ4v) is 3.78. The van der Waals surface area contributed by atoms with Crippen molar-refractivity contribution in [2.45, 2.75) is 72.0 Å². The monoisotopic (exact) mass is 435 g/mol. The molecule has 0 bridgehead atoms. The van der Waals surface area contributed by atoms with Crippen molar-refractivity contribution in [2.24, 2.45) is 11.3 Å². The van der Waals surface area contributed by atoms with Gasteiger partial charge in [-0.25, -0.2) is 9.18 Å². The molecule has 1 saturated heterocycles. The van der Waals surface area contributed by atoms with E-state index in [1.165, 1.54) is 12.1 Å². The molecule has 0 aromatic heterocycles. The van der Waals surface area contributed by atoms with E-state index in [1.807, 2.05) is 27.7 Å². The summed E-state index contributed by atoms with van der Waals surface area (Å²) in [5.74, 6) is -1.60. The molecular weight excluding hydrogens is 401 g/mol. The van der Waals surface area contributed by atoms with E-state index in [4.69, 9.17) is 14.2 Å². The molecule has 2 aliphatic rings. The highest BCUT2D eigenvalue weighted by molar-refractivity contribution is 5.92. The minimum atomic E-state index is -1.16. The Labute approximate surface area is 183 Å². The summed E-state index contributed by atoms with van der Waals surface area (Å²) in [6.07, 6.45) is -1.66. The Balaban J connectivity index is 1.90. The third kappa shape index (κ3) is 5.10. The molecule has 1 aromatic carbocycles. The molecule has 7 heteroatoms. The van der Waals surface area contributed by atoms with Gasteiger partial charge in [-0.05, 0) is 44.4 Å². The smallest absolute Gasteiger partial charge is 0.407 e. The summed E-state index contributed by atoms with van der Waals surface area (Å²) < 4.78 is 31.1. The molecule has 0 radical (unpaired) electrons. The van der Waals surface area contributed by atoms with Gasteiger partial charge in [0.15, 0.2) is 0 Å². The number of aliphatic hydroxyl groups is 1. The molecule has 1 amide bonds. The molecule has 6 nitrogen and oxygen atoms in total. The topological polar surface area (TPSA) is 77.0 Å². The van der Waals surface area contributed by atoms with Gasteiger partial charge in [-0.1, -0.05) is 39.8 Å². The van der Waals surface area contributed by atoms with Gasteiger partial charge in [0.2, 0.25) is 5.79 Å². The van der Waals surface area contributed by atoms with E-state index in [1.54, 1.807) is 32.9 Å². The Morgan fingerprint density at radius 1 is 1.16 bits per heavy atom. The number of nitrogens with one attached hydrogen (secondary N) is 1. The van der Waals surface area contributed by atoms with Gasteiger partial charge in [0.1, 0.15) is 17.5 Å². The first-order valence-corrected chi connectivity index (χ1v) is 10.7. The van der Waals surface area contributed by atoms with Gasteiger partial charge in [0, 0.05) is 16.6 Å². The maximum Gasteiger partial charge on any atom is 0.407 e. The van der Waals surface area contributed by atoms with Gasteiger partial charge in [-0.2, -0.15) is 0 Å². The van der Waals surface area contributed by atoms with Crippen LogP contribution in [0.15, 0.2) is 29.8 Å². The van der Waals surface area contributed by atoms with Gasteiger partial charge in [-0.3, -0.25) is 0 Å². The van der Waals surface area contributed by atoms with Crippen LogP contribution in [0, 0.1) is 17.2 Å². The summed E-state index contributed by atoms with van der Waals surface area (Å²) in [4.78, 5) is 12.4. The van der Waals surface area contributed by atoms with Gasteiger partial charge < -0.3 is 24.6 Å². The average Bonchev–Trinajstić information content (AvgIpc) is 3.29. The minimum Gasteiger partial charge on any atom is -0.444 e. The maximum absolute atomic E-state index is 13.5. The molecule has 2 atom stereocenters. The third-order valence-electron chi connectivity index (χ3n) is 5.39. The summed E-state index contributed by atoms with van der Waals surface area (Å²) in [6, 6.07) is 5.39. The van der Waals surface area contributed by atoms with Crippen LogP contribution >= 0.6 is 0 Å². The molecule has 1 spiro atoms. The van der Waals surface area contributed by atoms with Crippen LogP contribution in [0.2, 0.25) is 0 Å². The van der Waals surface area contributed by atoms with Gasteiger partial charge in [-0.15, -0.1) is 0 Å². The largest absolute Gasteiger partial charge is 0.444 e. The molecule has 1 heterocycles. The number of rotatable bonds is 5. The highest BCUT2D eigenvalue weighted by atomic mass is 19.1. The predicted octanol–water partition coefficient (Wildman–Crippen LogP) is 4.27. The Morgan fingerprint density at radius 2 is 1.71 bits per heavy atom. The first-order chi connectivity index (χ1) is 14.3. The van der Waals surface area contributed by atoms with Crippen molar-refractivity contribution < 1.29 is 28.5 Å². The van der Waals surface area contributed by atoms with Crippen LogP contribution in [-0.4, -0.2) is 47.9 Å². The Kier molecular flexibility index (Phi) is 6.26. The van der Waals surface area contributed by atoms with Crippen LogP contribution in [-0.2, 0) is 14.2 Å². The number of carbonyl (C=O) groups is 1. The second kappa shape index (κ2) is 8.19. The zero-order valence-electron chi connectivity index (χ0n) is 19.4. The van der Waals surface area contributed by atoms with E-state index in [9.17, 15) is 14.3 Å². The van der Waals surface area contributed by atoms with E-state index >= 15 is 0 Å².